The highest BCUT2D eigenvalue weighted by Crippen LogP contribution is 2.46. The molecule has 1 aliphatic carbocycles. The van der Waals surface area contributed by atoms with Crippen molar-refractivity contribution >= 4 is 45.8 Å². The number of nitrogens with one attached hydrogen (secondary N) is 2. The molecule has 0 unspecified atom stereocenters. The van der Waals surface area contributed by atoms with E-state index < -0.39 is 24.5 Å². The molecule has 0 saturated heterocycles. The average Bonchev–Trinajstić information content (AvgIpc) is 3.41. The minimum absolute atomic E-state index is 0.0572. The largest absolute Gasteiger partial charge is 0.462 e. The second kappa shape index (κ2) is 8.30. The monoisotopic (exact) mass is 393 g/mol. The summed E-state index contributed by atoms with van der Waals surface area (Å²) < 4.78 is 10.0. The SMILES string of the molecule is CCOC(=O)c1c(C2CC2)csc1NC(=O)COC(=O)C1=NNC(=O)CC1. The quantitative estimate of drug-likeness (QED) is 0.678. The van der Waals surface area contributed by atoms with Gasteiger partial charge in [-0.2, -0.15) is 5.10 Å². The first-order chi connectivity index (χ1) is 13.0. The van der Waals surface area contributed by atoms with Gasteiger partial charge in [-0.1, -0.05) is 0 Å². The Morgan fingerprint density at radius 2 is 2.04 bits per heavy atom. The van der Waals surface area contributed by atoms with Crippen molar-refractivity contribution in [2.75, 3.05) is 18.5 Å². The van der Waals surface area contributed by atoms with Crippen LogP contribution in [0.1, 0.15) is 54.4 Å². The van der Waals surface area contributed by atoms with Gasteiger partial charge >= 0.3 is 11.9 Å². The van der Waals surface area contributed by atoms with Crippen molar-refractivity contribution in [1.29, 1.82) is 0 Å². The van der Waals surface area contributed by atoms with E-state index in [0.717, 1.165) is 18.4 Å². The van der Waals surface area contributed by atoms with Crippen molar-refractivity contribution in [3.05, 3.63) is 16.5 Å². The summed E-state index contributed by atoms with van der Waals surface area (Å²) in [4.78, 5) is 47.3. The van der Waals surface area contributed by atoms with E-state index in [2.05, 4.69) is 15.8 Å². The van der Waals surface area contributed by atoms with Crippen LogP contribution in [-0.4, -0.2) is 42.7 Å². The van der Waals surface area contributed by atoms with Crippen LogP contribution in [0.15, 0.2) is 10.5 Å². The molecule has 0 aromatic carbocycles. The van der Waals surface area contributed by atoms with Crippen LogP contribution < -0.4 is 10.7 Å². The molecule has 0 radical (unpaired) electrons. The molecule has 27 heavy (non-hydrogen) atoms. The van der Waals surface area contributed by atoms with Crippen molar-refractivity contribution < 1.29 is 28.7 Å². The van der Waals surface area contributed by atoms with E-state index in [1.807, 2.05) is 5.38 Å². The van der Waals surface area contributed by atoms with E-state index in [1.165, 1.54) is 11.3 Å². The molecule has 1 fully saturated rings. The molecule has 3 rings (SSSR count). The van der Waals surface area contributed by atoms with E-state index in [-0.39, 0.29) is 31.1 Å². The molecule has 9 nitrogen and oxygen atoms in total. The number of hydrazone groups is 1. The lowest BCUT2D eigenvalue weighted by Crippen LogP contribution is -2.32. The molecule has 1 aliphatic heterocycles. The van der Waals surface area contributed by atoms with Gasteiger partial charge in [-0.3, -0.25) is 9.59 Å². The molecule has 0 spiro atoms. The summed E-state index contributed by atoms with van der Waals surface area (Å²) in [5.74, 6) is -1.76. The van der Waals surface area contributed by atoms with Gasteiger partial charge in [0.25, 0.3) is 5.91 Å². The van der Waals surface area contributed by atoms with E-state index in [1.54, 1.807) is 6.92 Å². The highest BCUT2D eigenvalue weighted by Gasteiger charge is 2.32. The predicted molar refractivity (Wildman–Crippen MR) is 96.7 cm³/mol. The molecular weight excluding hydrogens is 374 g/mol. The number of hydrogen-bond acceptors (Lipinski definition) is 8. The number of nitrogens with zero attached hydrogens (tertiary/aromatic N) is 1. The Labute approximate surface area is 159 Å². The summed E-state index contributed by atoms with van der Waals surface area (Å²) in [7, 11) is 0. The number of anilines is 1. The standard InChI is InChI=1S/C17H19N3O6S/c1-2-25-17(24)14-10(9-3-4-9)8-27-15(14)18-13(22)7-26-16(23)11-5-6-12(21)20-19-11/h8-9H,2-7H2,1H3,(H,18,22)(H,20,21). The van der Waals surface area contributed by atoms with Crippen LogP contribution in [0.4, 0.5) is 5.00 Å². The molecule has 10 heteroatoms. The van der Waals surface area contributed by atoms with Gasteiger partial charge in [0.2, 0.25) is 5.91 Å². The van der Waals surface area contributed by atoms with Gasteiger partial charge in [-0.05, 0) is 36.6 Å². The van der Waals surface area contributed by atoms with Crippen molar-refractivity contribution in [1.82, 2.24) is 5.43 Å². The van der Waals surface area contributed by atoms with Crippen LogP contribution in [0.2, 0.25) is 0 Å². The van der Waals surface area contributed by atoms with Gasteiger partial charge in [0.15, 0.2) is 6.61 Å². The Balaban J connectivity index is 1.60. The van der Waals surface area contributed by atoms with Crippen LogP contribution in [-0.2, 0) is 23.9 Å². The van der Waals surface area contributed by atoms with Gasteiger partial charge in [-0.25, -0.2) is 15.0 Å². The average molecular weight is 393 g/mol. The van der Waals surface area contributed by atoms with E-state index >= 15 is 0 Å². The highest BCUT2D eigenvalue weighted by molar-refractivity contribution is 7.15. The normalized spacial score (nSPS) is 16.2. The van der Waals surface area contributed by atoms with Gasteiger partial charge in [0, 0.05) is 12.8 Å². The maximum atomic E-state index is 12.3. The fourth-order valence-electron chi connectivity index (χ4n) is 2.57. The second-order valence-electron chi connectivity index (χ2n) is 6.11. The minimum atomic E-state index is -0.763. The first-order valence-corrected chi connectivity index (χ1v) is 9.48. The Hall–Kier alpha value is -2.75. The van der Waals surface area contributed by atoms with E-state index in [4.69, 9.17) is 9.47 Å². The molecule has 2 aliphatic rings. The third-order valence-electron chi connectivity index (χ3n) is 4.04. The zero-order valence-electron chi connectivity index (χ0n) is 14.7. The topological polar surface area (TPSA) is 123 Å². The number of esters is 2. The van der Waals surface area contributed by atoms with Crippen LogP contribution in [0.3, 0.4) is 0 Å². The molecule has 0 atom stereocenters. The molecule has 1 aromatic heterocycles. The summed E-state index contributed by atoms with van der Waals surface area (Å²) >= 11 is 1.25. The lowest BCUT2D eigenvalue weighted by Gasteiger charge is -2.11. The number of carbonyl (C=O) groups is 4. The molecule has 144 valence electrons. The molecule has 2 heterocycles. The summed E-state index contributed by atoms with van der Waals surface area (Å²) in [5.41, 5.74) is 3.51. The summed E-state index contributed by atoms with van der Waals surface area (Å²) in [6, 6.07) is 0. The first kappa shape index (κ1) is 19.0. The highest BCUT2D eigenvalue weighted by atomic mass is 32.1. The lowest BCUT2D eigenvalue weighted by atomic mass is 10.1. The zero-order chi connectivity index (χ0) is 19.4. The fraction of sp³-hybridized carbons (Fsp3) is 0.471. The maximum absolute atomic E-state index is 12.3. The van der Waals surface area contributed by atoms with Gasteiger partial charge < -0.3 is 14.8 Å². The number of carbonyl (C=O) groups excluding carboxylic acids is 4. The lowest BCUT2D eigenvalue weighted by molar-refractivity contribution is -0.140. The molecular formula is C17H19N3O6S. The van der Waals surface area contributed by atoms with Crippen molar-refractivity contribution in [3.8, 4) is 0 Å². The second-order valence-corrected chi connectivity index (χ2v) is 6.99. The van der Waals surface area contributed by atoms with Gasteiger partial charge in [0.05, 0.1) is 12.2 Å². The predicted octanol–water partition coefficient (Wildman–Crippen LogP) is 1.55. The zero-order valence-corrected chi connectivity index (χ0v) is 15.5. The Bertz CT molecular complexity index is 812. The van der Waals surface area contributed by atoms with Gasteiger partial charge in [0.1, 0.15) is 10.7 Å². The minimum Gasteiger partial charge on any atom is -0.462 e. The summed E-state index contributed by atoms with van der Waals surface area (Å²) in [6.07, 6.45) is 2.32. The third-order valence-corrected chi connectivity index (χ3v) is 4.96. The molecule has 0 bridgehead atoms. The third kappa shape index (κ3) is 4.70. The molecule has 2 amide bonds. The number of rotatable bonds is 7. The van der Waals surface area contributed by atoms with E-state index in [0.29, 0.717) is 16.5 Å². The Morgan fingerprint density at radius 3 is 2.67 bits per heavy atom. The van der Waals surface area contributed by atoms with Gasteiger partial charge in [-0.15, -0.1) is 11.3 Å². The van der Waals surface area contributed by atoms with Crippen molar-refractivity contribution in [2.24, 2.45) is 5.10 Å². The smallest absolute Gasteiger partial charge is 0.355 e. The van der Waals surface area contributed by atoms with Crippen LogP contribution in [0.5, 0.6) is 0 Å². The molecule has 2 N–H and O–H groups in total. The fourth-order valence-corrected chi connectivity index (χ4v) is 3.62. The molecule has 1 saturated carbocycles. The van der Waals surface area contributed by atoms with Crippen LogP contribution in [0.25, 0.3) is 0 Å². The summed E-state index contributed by atoms with van der Waals surface area (Å²) in [6.45, 7) is 1.43. The summed E-state index contributed by atoms with van der Waals surface area (Å²) in [5, 5.41) is 8.46. The number of ether oxygens (including phenoxy) is 2. The van der Waals surface area contributed by atoms with Crippen molar-refractivity contribution in [2.45, 2.75) is 38.5 Å². The number of amides is 2. The van der Waals surface area contributed by atoms with Crippen LogP contribution in [0, 0.1) is 0 Å². The van der Waals surface area contributed by atoms with Crippen molar-refractivity contribution in [3.63, 3.8) is 0 Å². The number of thiophene rings is 1. The Kier molecular flexibility index (Phi) is 5.84. The Morgan fingerprint density at radius 1 is 1.26 bits per heavy atom. The number of hydrogen-bond donors (Lipinski definition) is 2. The molecule has 1 aromatic rings. The van der Waals surface area contributed by atoms with E-state index in [9.17, 15) is 19.2 Å². The maximum Gasteiger partial charge on any atom is 0.355 e. The van der Waals surface area contributed by atoms with Crippen LogP contribution >= 0.6 is 11.3 Å². The first-order valence-electron chi connectivity index (χ1n) is 8.60.